The molecule has 0 atom stereocenters. The Kier molecular flexibility index (Phi) is 4.59. The molecule has 4 nitrogen and oxygen atoms in total. The fourth-order valence-electron chi connectivity index (χ4n) is 1.61. The van der Waals surface area contributed by atoms with Gasteiger partial charge in [-0.2, -0.15) is 5.48 Å². The Morgan fingerprint density at radius 1 is 1.29 bits per heavy atom. The van der Waals surface area contributed by atoms with E-state index in [2.05, 4.69) is 5.48 Å². The fraction of sp³-hybridized carbons (Fsp3) is 0.800. The van der Waals surface area contributed by atoms with Crippen LogP contribution in [0.3, 0.4) is 0 Å². The molecule has 0 spiro atoms. The predicted molar refractivity (Wildman–Crippen MR) is 51.4 cm³/mol. The maximum atomic E-state index is 11.0. The van der Waals surface area contributed by atoms with E-state index in [1.807, 2.05) is 0 Å². The summed E-state index contributed by atoms with van der Waals surface area (Å²) in [6, 6.07) is 0.277. The molecule has 0 aromatic carbocycles. The Bertz CT molecular complexity index is 209. The lowest BCUT2D eigenvalue weighted by molar-refractivity contribution is -0.154. The van der Waals surface area contributed by atoms with Gasteiger partial charge in [0.25, 0.3) is 0 Å². The Hall–Kier alpha value is -0.900. The van der Waals surface area contributed by atoms with Crippen molar-refractivity contribution in [2.45, 2.75) is 51.5 Å². The number of Topliss-reactive ketones (excluding diaryl/α,β-unsaturated/α-hetero) is 1. The van der Waals surface area contributed by atoms with Crippen LogP contribution < -0.4 is 5.48 Å². The standard InChI is InChI=1S/C10H17NO3/c1-8(12)7-10(13)14-11-9-5-3-2-4-6-9/h9,11H,2-7H2,1H3. The maximum absolute atomic E-state index is 11.0. The van der Waals surface area contributed by atoms with Crippen LogP contribution in [0, 0.1) is 0 Å². The van der Waals surface area contributed by atoms with Gasteiger partial charge in [-0.3, -0.25) is 4.79 Å². The molecular weight excluding hydrogens is 182 g/mol. The first-order valence-electron chi connectivity index (χ1n) is 5.13. The molecule has 0 unspecified atom stereocenters. The highest BCUT2D eigenvalue weighted by Gasteiger charge is 2.15. The molecule has 0 amide bonds. The van der Waals surface area contributed by atoms with Crippen molar-refractivity contribution in [1.82, 2.24) is 5.48 Å². The van der Waals surface area contributed by atoms with Crippen molar-refractivity contribution in [2.75, 3.05) is 0 Å². The summed E-state index contributed by atoms with van der Waals surface area (Å²) in [5, 5.41) is 0. The molecule has 1 aliphatic rings. The molecule has 80 valence electrons. The molecule has 1 aliphatic carbocycles. The van der Waals surface area contributed by atoms with Crippen LogP contribution in [0.2, 0.25) is 0 Å². The van der Waals surface area contributed by atoms with Crippen LogP contribution in [0.15, 0.2) is 0 Å². The second-order valence-electron chi connectivity index (χ2n) is 3.81. The number of ketones is 1. The summed E-state index contributed by atoms with van der Waals surface area (Å²) in [5.41, 5.74) is 2.72. The van der Waals surface area contributed by atoms with Crippen molar-refractivity contribution < 1.29 is 14.4 Å². The average Bonchev–Trinajstić information content (AvgIpc) is 2.15. The van der Waals surface area contributed by atoms with Crippen LogP contribution in [0.5, 0.6) is 0 Å². The zero-order valence-electron chi connectivity index (χ0n) is 8.54. The van der Waals surface area contributed by atoms with Crippen molar-refractivity contribution in [3.8, 4) is 0 Å². The molecule has 1 saturated carbocycles. The summed E-state index contributed by atoms with van der Waals surface area (Å²) in [7, 11) is 0. The second kappa shape index (κ2) is 5.75. The molecule has 0 bridgehead atoms. The lowest BCUT2D eigenvalue weighted by atomic mass is 9.96. The Morgan fingerprint density at radius 2 is 1.93 bits per heavy atom. The monoisotopic (exact) mass is 199 g/mol. The van der Waals surface area contributed by atoms with Gasteiger partial charge in [-0.25, -0.2) is 4.79 Å². The van der Waals surface area contributed by atoms with E-state index in [-0.39, 0.29) is 18.2 Å². The number of rotatable bonds is 4. The third kappa shape index (κ3) is 4.37. The van der Waals surface area contributed by atoms with Crippen molar-refractivity contribution in [2.24, 2.45) is 0 Å². The van der Waals surface area contributed by atoms with E-state index in [9.17, 15) is 9.59 Å². The average molecular weight is 199 g/mol. The lowest BCUT2D eigenvalue weighted by Gasteiger charge is -2.21. The third-order valence-electron chi connectivity index (χ3n) is 2.34. The summed E-state index contributed by atoms with van der Waals surface area (Å²) in [5.74, 6) is -0.650. The molecule has 0 radical (unpaired) electrons. The van der Waals surface area contributed by atoms with Gasteiger partial charge in [-0.15, -0.1) is 0 Å². The summed E-state index contributed by atoms with van der Waals surface area (Å²) in [6.45, 7) is 1.38. The normalized spacial score (nSPS) is 17.8. The van der Waals surface area contributed by atoms with Crippen LogP contribution in [0.4, 0.5) is 0 Å². The maximum Gasteiger partial charge on any atom is 0.332 e. The predicted octanol–water partition coefficient (Wildman–Crippen LogP) is 1.35. The Balaban J connectivity index is 2.12. The van der Waals surface area contributed by atoms with E-state index >= 15 is 0 Å². The number of hydroxylamine groups is 1. The minimum absolute atomic E-state index is 0.139. The van der Waals surface area contributed by atoms with E-state index < -0.39 is 5.97 Å². The second-order valence-corrected chi connectivity index (χ2v) is 3.81. The SMILES string of the molecule is CC(=O)CC(=O)ONC1CCCCC1. The fourth-order valence-corrected chi connectivity index (χ4v) is 1.61. The van der Waals surface area contributed by atoms with Crippen molar-refractivity contribution >= 4 is 11.8 Å². The summed E-state index contributed by atoms with van der Waals surface area (Å²) in [6.07, 6.45) is 5.59. The molecular formula is C10H17NO3. The van der Waals surface area contributed by atoms with Crippen LogP contribution >= 0.6 is 0 Å². The number of hydrogen-bond donors (Lipinski definition) is 1. The topological polar surface area (TPSA) is 55.4 Å². The van der Waals surface area contributed by atoms with Crippen molar-refractivity contribution in [1.29, 1.82) is 0 Å². The van der Waals surface area contributed by atoms with Gasteiger partial charge < -0.3 is 4.84 Å². The van der Waals surface area contributed by atoms with Gasteiger partial charge in [0, 0.05) is 6.04 Å². The lowest BCUT2D eigenvalue weighted by Crippen LogP contribution is -2.33. The molecule has 0 aromatic heterocycles. The van der Waals surface area contributed by atoms with Crippen molar-refractivity contribution in [3.63, 3.8) is 0 Å². The first-order valence-corrected chi connectivity index (χ1v) is 5.13. The molecule has 1 fully saturated rings. The summed E-state index contributed by atoms with van der Waals surface area (Å²) in [4.78, 5) is 26.3. The smallest absolute Gasteiger partial charge is 0.332 e. The molecule has 0 aliphatic heterocycles. The minimum Gasteiger partial charge on any atom is -0.370 e. The van der Waals surface area contributed by atoms with E-state index in [4.69, 9.17) is 4.84 Å². The van der Waals surface area contributed by atoms with Crippen LogP contribution in [-0.4, -0.2) is 17.8 Å². The molecule has 1 rings (SSSR count). The van der Waals surface area contributed by atoms with Gasteiger partial charge in [-0.05, 0) is 19.8 Å². The number of carbonyl (C=O) groups is 2. The highest BCUT2D eigenvalue weighted by Crippen LogP contribution is 2.17. The highest BCUT2D eigenvalue weighted by atomic mass is 16.7. The zero-order chi connectivity index (χ0) is 10.4. The molecule has 0 aromatic rings. The van der Waals surface area contributed by atoms with Crippen molar-refractivity contribution in [3.05, 3.63) is 0 Å². The van der Waals surface area contributed by atoms with Gasteiger partial charge >= 0.3 is 5.97 Å². The van der Waals surface area contributed by atoms with E-state index in [0.29, 0.717) is 0 Å². The first-order chi connectivity index (χ1) is 6.68. The summed E-state index contributed by atoms with van der Waals surface area (Å²) < 4.78 is 0. The Labute approximate surface area is 84.0 Å². The van der Waals surface area contributed by atoms with Gasteiger partial charge in [0.1, 0.15) is 12.2 Å². The third-order valence-corrected chi connectivity index (χ3v) is 2.34. The first kappa shape index (κ1) is 11.2. The van der Waals surface area contributed by atoms with E-state index in [0.717, 1.165) is 12.8 Å². The molecule has 0 saturated heterocycles. The van der Waals surface area contributed by atoms with Crippen LogP contribution in [-0.2, 0) is 14.4 Å². The number of nitrogens with one attached hydrogen (secondary N) is 1. The quantitative estimate of drug-likeness (QED) is 0.548. The van der Waals surface area contributed by atoms with Crippen LogP contribution in [0.25, 0.3) is 0 Å². The van der Waals surface area contributed by atoms with E-state index in [1.54, 1.807) is 0 Å². The van der Waals surface area contributed by atoms with Gasteiger partial charge in [0.05, 0.1) is 0 Å². The molecule has 1 N–H and O–H groups in total. The van der Waals surface area contributed by atoms with E-state index in [1.165, 1.54) is 26.2 Å². The number of hydrogen-bond acceptors (Lipinski definition) is 4. The zero-order valence-corrected chi connectivity index (χ0v) is 8.54. The Morgan fingerprint density at radius 3 is 2.50 bits per heavy atom. The largest absolute Gasteiger partial charge is 0.370 e. The van der Waals surface area contributed by atoms with Gasteiger partial charge in [0.2, 0.25) is 0 Å². The molecule has 0 heterocycles. The van der Waals surface area contributed by atoms with Crippen LogP contribution in [0.1, 0.15) is 45.4 Å². The molecule has 4 heteroatoms. The van der Waals surface area contributed by atoms with Gasteiger partial charge in [0.15, 0.2) is 0 Å². The minimum atomic E-state index is -0.483. The highest BCUT2D eigenvalue weighted by molar-refractivity contribution is 5.93. The van der Waals surface area contributed by atoms with Gasteiger partial charge in [-0.1, -0.05) is 19.3 Å². The number of carbonyl (C=O) groups excluding carboxylic acids is 2. The molecule has 14 heavy (non-hydrogen) atoms. The summed E-state index contributed by atoms with van der Waals surface area (Å²) >= 11 is 0.